The summed E-state index contributed by atoms with van der Waals surface area (Å²) in [5.74, 6) is 1.17. The molecular weight excluding hydrogens is 220 g/mol. The van der Waals surface area contributed by atoms with Crippen LogP contribution < -0.4 is 0 Å². The molecule has 18 heavy (non-hydrogen) atoms. The third-order valence-corrected chi connectivity index (χ3v) is 4.98. The SMILES string of the molecule is CN(CC1CCCCC1)C1CCCCCC1C#N. The normalized spacial score (nSPS) is 30.9. The van der Waals surface area contributed by atoms with Crippen molar-refractivity contribution in [2.75, 3.05) is 13.6 Å². The Morgan fingerprint density at radius 2 is 1.56 bits per heavy atom. The van der Waals surface area contributed by atoms with Crippen molar-refractivity contribution in [3.05, 3.63) is 0 Å². The fourth-order valence-corrected chi connectivity index (χ4v) is 3.88. The van der Waals surface area contributed by atoms with Gasteiger partial charge in [-0.25, -0.2) is 0 Å². The second-order valence-corrected chi connectivity index (χ2v) is 6.38. The zero-order valence-electron chi connectivity index (χ0n) is 11.9. The van der Waals surface area contributed by atoms with E-state index in [2.05, 4.69) is 18.0 Å². The molecule has 2 aliphatic carbocycles. The van der Waals surface area contributed by atoms with Gasteiger partial charge in [0.1, 0.15) is 0 Å². The standard InChI is InChI=1S/C16H28N2/c1-18(13-14-8-4-2-5-9-14)16-11-7-3-6-10-15(16)12-17/h14-16H,2-11,13H2,1H3. The minimum Gasteiger partial charge on any atom is -0.302 e. The summed E-state index contributed by atoms with van der Waals surface area (Å²) < 4.78 is 0. The molecule has 0 aromatic heterocycles. The second kappa shape index (κ2) is 7.14. The van der Waals surface area contributed by atoms with Crippen molar-refractivity contribution >= 4 is 0 Å². The first-order valence-electron chi connectivity index (χ1n) is 7.91. The molecule has 0 N–H and O–H groups in total. The predicted molar refractivity (Wildman–Crippen MR) is 75.2 cm³/mol. The zero-order chi connectivity index (χ0) is 12.8. The molecule has 0 bridgehead atoms. The van der Waals surface area contributed by atoms with Gasteiger partial charge in [0.05, 0.1) is 12.0 Å². The Morgan fingerprint density at radius 1 is 0.944 bits per heavy atom. The molecule has 0 saturated heterocycles. The average Bonchev–Trinajstić information content (AvgIpc) is 2.64. The molecule has 0 amide bonds. The topological polar surface area (TPSA) is 27.0 Å². The Balaban J connectivity index is 1.88. The molecule has 0 aromatic rings. The van der Waals surface area contributed by atoms with E-state index < -0.39 is 0 Å². The van der Waals surface area contributed by atoms with E-state index in [1.165, 1.54) is 64.3 Å². The highest BCUT2D eigenvalue weighted by Crippen LogP contribution is 2.29. The van der Waals surface area contributed by atoms with Crippen molar-refractivity contribution < 1.29 is 0 Å². The Labute approximate surface area is 112 Å². The van der Waals surface area contributed by atoms with E-state index in [1.54, 1.807) is 0 Å². The quantitative estimate of drug-likeness (QED) is 0.707. The highest BCUT2D eigenvalue weighted by atomic mass is 15.1. The van der Waals surface area contributed by atoms with Gasteiger partial charge in [-0.05, 0) is 38.6 Å². The van der Waals surface area contributed by atoms with Crippen molar-refractivity contribution in [1.29, 1.82) is 5.26 Å². The molecule has 102 valence electrons. The zero-order valence-corrected chi connectivity index (χ0v) is 11.9. The van der Waals surface area contributed by atoms with Crippen LogP contribution in [0.5, 0.6) is 0 Å². The Morgan fingerprint density at radius 3 is 2.22 bits per heavy atom. The largest absolute Gasteiger partial charge is 0.302 e. The number of hydrogen-bond acceptors (Lipinski definition) is 2. The molecule has 0 radical (unpaired) electrons. The van der Waals surface area contributed by atoms with Crippen LogP contribution in [0.1, 0.15) is 64.2 Å². The summed E-state index contributed by atoms with van der Waals surface area (Å²) in [6.45, 7) is 1.23. The molecule has 2 atom stereocenters. The Kier molecular flexibility index (Phi) is 5.50. The van der Waals surface area contributed by atoms with Gasteiger partial charge in [0, 0.05) is 12.6 Å². The van der Waals surface area contributed by atoms with Crippen LogP contribution in [0.2, 0.25) is 0 Å². The minimum atomic E-state index is 0.279. The molecule has 0 aliphatic heterocycles. The summed E-state index contributed by atoms with van der Waals surface area (Å²) in [5, 5.41) is 9.36. The average molecular weight is 248 g/mol. The van der Waals surface area contributed by atoms with Gasteiger partial charge < -0.3 is 4.90 Å². The predicted octanol–water partition coefficient (Wildman–Crippen LogP) is 3.97. The maximum atomic E-state index is 9.36. The van der Waals surface area contributed by atoms with E-state index in [9.17, 15) is 5.26 Å². The monoisotopic (exact) mass is 248 g/mol. The highest BCUT2D eigenvalue weighted by Gasteiger charge is 2.28. The molecule has 2 heteroatoms. The molecule has 2 fully saturated rings. The van der Waals surface area contributed by atoms with Crippen molar-refractivity contribution in [2.45, 2.75) is 70.3 Å². The number of nitriles is 1. The molecule has 2 unspecified atom stereocenters. The summed E-state index contributed by atoms with van der Waals surface area (Å²) in [6.07, 6.45) is 13.4. The second-order valence-electron chi connectivity index (χ2n) is 6.38. The molecule has 2 saturated carbocycles. The fourth-order valence-electron chi connectivity index (χ4n) is 3.88. The third-order valence-electron chi connectivity index (χ3n) is 4.98. The lowest BCUT2D eigenvalue weighted by Crippen LogP contribution is -2.40. The van der Waals surface area contributed by atoms with Crippen LogP contribution in [0.4, 0.5) is 0 Å². The van der Waals surface area contributed by atoms with Crippen LogP contribution in [0.3, 0.4) is 0 Å². The Bertz CT molecular complexity index is 275. The maximum absolute atomic E-state index is 9.36. The van der Waals surface area contributed by atoms with Gasteiger partial charge in [0.25, 0.3) is 0 Å². The van der Waals surface area contributed by atoms with E-state index in [0.717, 1.165) is 12.3 Å². The maximum Gasteiger partial charge on any atom is 0.0672 e. The van der Waals surface area contributed by atoms with Crippen molar-refractivity contribution in [3.63, 3.8) is 0 Å². The first-order valence-corrected chi connectivity index (χ1v) is 7.91. The van der Waals surface area contributed by atoms with Crippen LogP contribution in [0, 0.1) is 23.2 Å². The first kappa shape index (κ1) is 13.9. The van der Waals surface area contributed by atoms with Gasteiger partial charge in [-0.3, -0.25) is 0 Å². The molecule has 0 aromatic carbocycles. The van der Waals surface area contributed by atoms with Gasteiger partial charge in [0.2, 0.25) is 0 Å². The van der Waals surface area contributed by atoms with Crippen LogP contribution in [0.15, 0.2) is 0 Å². The van der Waals surface area contributed by atoms with Gasteiger partial charge >= 0.3 is 0 Å². The van der Waals surface area contributed by atoms with E-state index in [1.807, 2.05) is 0 Å². The van der Waals surface area contributed by atoms with Crippen molar-refractivity contribution in [1.82, 2.24) is 4.90 Å². The summed E-state index contributed by atoms with van der Waals surface area (Å²) in [7, 11) is 2.26. The molecular formula is C16H28N2. The fraction of sp³-hybridized carbons (Fsp3) is 0.938. The van der Waals surface area contributed by atoms with Gasteiger partial charge in [-0.1, -0.05) is 38.5 Å². The van der Waals surface area contributed by atoms with E-state index in [-0.39, 0.29) is 5.92 Å². The number of nitrogens with zero attached hydrogens (tertiary/aromatic N) is 2. The summed E-state index contributed by atoms with van der Waals surface area (Å²) in [4.78, 5) is 2.52. The molecule has 0 heterocycles. The molecule has 2 nitrogen and oxygen atoms in total. The molecule has 0 spiro atoms. The molecule has 2 aliphatic rings. The number of rotatable bonds is 3. The summed E-state index contributed by atoms with van der Waals surface area (Å²) in [5.41, 5.74) is 0. The highest BCUT2D eigenvalue weighted by molar-refractivity contribution is 4.94. The van der Waals surface area contributed by atoms with Crippen LogP contribution in [0.25, 0.3) is 0 Å². The molecule has 2 rings (SSSR count). The van der Waals surface area contributed by atoms with Crippen LogP contribution in [-0.2, 0) is 0 Å². The Hall–Kier alpha value is -0.550. The summed E-state index contributed by atoms with van der Waals surface area (Å²) >= 11 is 0. The minimum absolute atomic E-state index is 0.279. The van der Waals surface area contributed by atoms with Crippen molar-refractivity contribution in [3.8, 4) is 6.07 Å². The van der Waals surface area contributed by atoms with Gasteiger partial charge in [0.15, 0.2) is 0 Å². The van der Waals surface area contributed by atoms with E-state index in [4.69, 9.17) is 0 Å². The van der Waals surface area contributed by atoms with E-state index in [0.29, 0.717) is 6.04 Å². The smallest absolute Gasteiger partial charge is 0.0672 e. The third kappa shape index (κ3) is 3.72. The lowest BCUT2D eigenvalue weighted by atomic mass is 9.87. The van der Waals surface area contributed by atoms with Crippen LogP contribution >= 0.6 is 0 Å². The van der Waals surface area contributed by atoms with Crippen molar-refractivity contribution in [2.24, 2.45) is 11.8 Å². The first-order chi connectivity index (χ1) is 8.81. The van der Waals surface area contributed by atoms with Crippen LogP contribution in [-0.4, -0.2) is 24.5 Å². The lowest BCUT2D eigenvalue weighted by molar-refractivity contribution is 0.148. The van der Waals surface area contributed by atoms with Gasteiger partial charge in [-0.15, -0.1) is 0 Å². The van der Waals surface area contributed by atoms with Gasteiger partial charge in [-0.2, -0.15) is 5.26 Å². The lowest BCUT2D eigenvalue weighted by Gasteiger charge is -2.34. The number of hydrogen-bond donors (Lipinski definition) is 0. The van der Waals surface area contributed by atoms with E-state index >= 15 is 0 Å². The summed E-state index contributed by atoms with van der Waals surface area (Å²) in [6, 6.07) is 3.10.